The maximum Gasteiger partial charge on any atom is 0.326 e. The minimum Gasteiger partial charge on any atom is -0.480 e. The van der Waals surface area contributed by atoms with Crippen molar-refractivity contribution in [3.05, 3.63) is 0 Å². The Morgan fingerprint density at radius 2 is 1.29 bits per heavy atom. The summed E-state index contributed by atoms with van der Waals surface area (Å²) in [6.07, 6.45) is 3.30. The van der Waals surface area contributed by atoms with Crippen LogP contribution in [-0.2, 0) is 24.0 Å². The minimum atomic E-state index is -1.03. The maximum absolute atomic E-state index is 13.5. The van der Waals surface area contributed by atoms with Crippen LogP contribution in [0.4, 0.5) is 0 Å². The summed E-state index contributed by atoms with van der Waals surface area (Å²) < 4.78 is 0. The molecule has 0 aromatic rings. The van der Waals surface area contributed by atoms with E-state index in [0.717, 1.165) is 0 Å². The first kappa shape index (κ1) is 25.9. The topological polar surface area (TPSA) is 153 Å². The highest BCUT2D eigenvalue weighted by Crippen LogP contribution is 2.26. The monoisotopic (exact) mass is 479 g/mol. The van der Waals surface area contributed by atoms with E-state index in [2.05, 4.69) is 5.32 Å². The Bertz CT molecular complexity index is 831. The van der Waals surface area contributed by atoms with E-state index >= 15 is 0 Å². The van der Waals surface area contributed by atoms with Gasteiger partial charge in [0.15, 0.2) is 0 Å². The van der Waals surface area contributed by atoms with Crippen LogP contribution in [0.15, 0.2) is 0 Å². The summed E-state index contributed by atoms with van der Waals surface area (Å²) in [4.78, 5) is 68.1. The van der Waals surface area contributed by atoms with Gasteiger partial charge in [-0.05, 0) is 51.4 Å². The molecule has 190 valence electrons. The molecule has 0 aliphatic carbocycles. The fraction of sp³-hybridized carbons (Fsp3) is 0.783. The lowest BCUT2D eigenvalue weighted by Gasteiger charge is -2.34. The highest BCUT2D eigenvalue weighted by Gasteiger charge is 2.44. The van der Waals surface area contributed by atoms with Gasteiger partial charge < -0.3 is 30.9 Å². The van der Waals surface area contributed by atoms with Crippen molar-refractivity contribution in [2.75, 3.05) is 19.6 Å². The van der Waals surface area contributed by atoms with Crippen molar-refractivity contribution in [1.82, 2.24) is 20.0 Å². The fourth-order valence-corrected chi connectivity index (χ4v) is 5.27. The third-order valence-electron chi connectivity index (χ3n) is 7.10. The number of rotatable bonds is 7. The molecule has 0 radical (unpaired) electrons. The highest BCUT2D eigenvalue weighted by atomic mass is 16.4. The standard InChI is InChI=1S/C23H37N5O6/c1-13(2)18(25-19(29)15-7-4-10-26(15)20(30)14(3)24)22(32)27-11-5-8-16(27)21(31)28-12-6-9-17(28)23(33)34/h13-18H,4-12,24H2,1-3H3,(H,25,29)(H,33,34)/t14-,15-,16-,17-,18-/m0/s1. The lowest BCUT2D eigenvalue weighted by Crippen LogP contribution is -2.59. The quantitative estimate of drug-likeness (QED) is 0.446. The summed E-state index contributed by atoms with van der Waals surface area (Å²) in [5, 5.41) is 12.3. The number of aliphatic carboxylic acids is 1. The van der Waals surface area contributed by atoms with Gasteiger partial charge in [-0.1, -0.05) is 13.8 Å². The lowest BCUT2D eigenvalue weighted by molar-refractivity contribution is -0.152. The molecule has 11 heteroatoms. The molecule has 11 nitrogen and oxygen atoms in total. The number of carbonyl (C=O) groups excluding carboxylic acids is 4. The second kappa shape index (κ2) is 10.7. The Morgan fingerprint density at radius 1 is 0.794 bits per heavy atom. The number of amides is 4. The van der Waals surface area contributed by atoms with E-state index in [4.69, 9.17) is 5.73 Å². The molecule has 4 N–H and O–H groups in total. The summed E-state index contributed by atoms with van der Waals surface area (Å²) in [6, 6.07) is -3.84. The van der Waals surface area contributed by atoms with Gasteiger partial charge in [0.05, 0.1) is 6.04 Å². The van der Waals surface area contributed by atoms with E-state index in [1.54, 1.807) is 6.92 Å². The third kappa shape index (κ3) is 5.18. The van der Waals surface area contributed by atoms with Gasteiger partial charge in [-0.15, -0.1) is 0 Å². The molecule has 0 spiro atoms. The number of hydrogen-bond acceptors (Lipinski definition) is 6. The molecule has 0 saturated carbocycles. The minimum absolute atomic E-state index is 0.245. The second-order valence-corrected chi connectivity index (χ2v) is 9.93. The number of hydrogen-bond donors (Lipinski definition) is 3. The van der Waals surface area contributed by atoms with E-state index in [-0.39, 0.29) is 23.6 Å². The van der Waals surface area contributed by atoms with Crippen LogP contribution in [0.1, 0.15) is 59.3 Å². The third-order valence-corrected chi connectivity index (χ3v) is 7.10. The van der Waals surface area contributed by atoms with Crippen LogP contribution in [0.3, 0.4) is 0 Å². The molecule has 0 bridgehead atoms. The zero-order valence-corrected chi connectivity index (χ0v) is 20.2. The summed E-state index contributed by atoms with van der Waals surface area (Å²) in [5.41, 5.74) is 5.73. The number of nitrogens with one attached hydrogen (secondary N) is 1. The van der Waals surface area contributed by atoms with E-state index < -0.39 is 42.1 Å². The molecule has 3 fully saturated rings. The largest absolute Gasteiger partial charge is 0.480 e. The number of carboxylic acid groups (broad SMARTS) is 1. The predicted octanol–water partition coefficient (Wildman–Crippen LogP) is -0.468. The molecule has 0 unspecified atom stereocenters. The van der Waals surface area contributed by atoms with Crippen molar-refractivity contribution >= 4 is 29.6 Å². The highest BCUT2D eigenvalue weighted by molar-refractivity contribution is 5.96. The lowest BCUT2D eigenvalue weighted by atomic mass is 10.0. The molecular weight excluding hydrogens is 442 g/mol. The number of carbonyl (C=O) groups is 5. The molecular formula is C23H37N5O6. The molecule has 34 heavy (non-hydrogen) atoms. The van der Waals surface area contributed by atoms with Crippen LogP contribution in [0.25, 0.3) is 0 Å². The van der Waals surface area contributed by atoms with Gasteiger partial charge in [-0.2, -0.15) is 0 Å². The van der Waals surface area contributed by atoms with Gasteiger partial charge in [0.1, 0.15) is 24.2 Å². The normalized spacial score (nSPS) is 26.6. The van der Waals surface area contributed by atoms with Crippen LogP contribution < -0.4 is 11.1 Å². The summed E-state index contributed by atoms with van der Waals surface area (Å²) >= 11 is 0. The zero-order valence-electron chi connectivity index (χ0n) is 20.2. The first-order valence-corrected chi connectivity index (χ1v) is 12.2. The smallest absolute Gasteiger partial charge is 0.326 e. The molecule has 3 aliphatic heterocycles. The SMILES string of the molecule is CC(C)[C@H](NC(=O)[C@@H]1CCCN1C(=O)[C@H](C)N)C(=O)N1CCC[C@H]1C(=O)N1CCC[C@H]1C(=O)O. The second-order valence-electron chi connectivity index (χ2n) is 9.93. The van der Waals surface area contributed by atoms with Crippen molar-refractivity contribution in [1.29, 1.82) is 0 Å². The van der Waals surface area contributed by atoms with Gasteiger partial charge in [0.25, 0.3) is 0 Å². The number of nitrogens with zero attached hydrogens (tertiary/aromatic N) is 3. The molecule has 3 heterocycles. The Hall–Kier alpha value is -2.69. The molecule has 5 atom stereocenters. The maximum atomic E-state index is 13.5. The van der Waals surface area contributed by atoms with Gasteiger partial charge in [0, 0.05) is 19.6 Å². The number of likely N-dealkylation sites (tertiary alicyclic amines) is 3. The van der Waals surface area contributed by atoms with Crippen LogP contribution in [-0.4, -0.2) is 99.2 Å². The number of nitrogens with two attached hydrogens (primary N) is 1. The van der Waals surface area contributed by atoms with Crippen molar-refractivity contribution in [3.63, 3.8) is 0 Å². The Kier molecular flexibility index (Phi) is 8.17. The Morgan fingerprint density at radius 3 is 1.82 bits per heavy atom. The molecule has 3 aliphatic rings. The van der Waals surface area contributed by atoms with E-state index in [0.29, 0.717) is 58.2 Å². The first-order valence-electron chi connectivity index (χ1n) is 12.2. The molecule has 3 saturated heterocycles. The molecule has 0 aromatic carbocycles. The van der Waals surface area contributed by atoms with Crippen molar-refractivity contribution < 1.29 is 29.1 Å². The Labute approximate surface area is 200 Å². The van der Waals surface area contributed by atoms with Crippen LogP contribution in [0.5, 0.6) is 0 Å². The van der Waals surface area contributed by atoms with Crippen molar-refractivity contribution in [2.45, 2.75) is 89.5 Å². The van der Waals surface area contributed by atoms with E-state index in [1.807, 2.05) is 13.8 Å². The number of carboxylic acids is 1. The average molecular weight is 480 g/mol. The van der Waals surface area contributed by atoms with E-state index in [9.17, 15) is 29.1 Å². The van der Waals surface area contributed by atoms with Crippen LogP contribution in [0.2, 0.25) is 0 Å². The van der Waals surface area contributed by atoms with Gasteiger partial charge in [0.2, 0.25) is 23.6 Å². The first-order chi connectivity index (χ1) is 16.0. The van der Waals surface area contributed by atoms with E-state index in [1.165, 1.54) is 14.7 Å². The van der Waals surface area contributed by atoms with Gasteiger partial charge in [-0.25, -0.2) is 4.79 Å². The average Bonchev–Trinajstić information content (AvgIpc) is 3.54. The summed E-state index contributed by atoms with van der Waals surface area (Å²) in [6.45, 7) is 6.40. The van der Waals surface area contributed by atoms with Crippen LogP contribution >= 0.6 is 0 Å². The fourth-order valence-electron chi connectivity index (χ4n) is 5.27. The summed E-state index contributed by atoms with van der Waals surface area (Å²) in [5.74, 6) is -2.66. The van der Waals surface area contributed by atoms with Gasteiger partial charge in [-0.3, -0.25) is 19.2 Å². The molecule has 4 amide bonds. The van der Waals surface area contributed by atoms with Gasteiger partial charge >= 0.3 is 5.97 Å². The molecule has 3 rings (SSSR count). The Balaban J connectivity index is 1.72. The molecule has 0 aromatic heterocycles. The zero-order chi connectivity index (χ0) is 25.2. The summed E-state index contributed by atoms with van der Waals surface area (Å²) in [7, 11) is 0. The van der Waals surface area contributed by atoms with Crippen LogP contribution in [0, 0.1) is 5.92 Å². The van der Waals surface area contributed by atoms with Crippen molar-refractivity contribution in [3.8, 4) is 0 Å². The van der Waals surface area contributed by atoms with Crippen molar-refractivity contribution in [2.24, 2.45) is 11.7 Å². The predicted molar refractivity (Wildman–Crippen MR) is 122 cm³/mol.